The van der Waals surface area contributed by atoms with Crippen LogP contribution in [0.1, 0.15) is 13.3 Å². The van der Waals surface area contributed by atoms with Crippen molar-refractivity contribution in [1.29, 1.82) is 0 Å². The maximum absolute atomic E-state index is 12.5. The van der Waals surface area contributed by atoms with E-state index in [1.807, 2.05) is 36.1 Å². The summed E-state index contributed by atoms with van der Waals surface area (Å²) >= 11 is 1.70. The number of benzene rings is 1. The van der Waals surface area contributed by atoms with Gasteiger partial charge in [0.2, 0.25) is 0 Å². The molecule has 1 aromatic carbocycles. The highest BCUT2D eigenvalue weighted by molar-refractivity contribution is 7.13. The molecule has 1 unspecified atom stereocenters. The molecular formula is C18H22N2O2S. The summed E-state index contributed by atoms with van der Waals surface area (Å²) < 4.78 is 5.40. The van der Waals surface area contributed by atoms with Crippen molar-refractivity contribution >= 4 is 23.1 Å². The summed E-state index contributed by atoms with van der Waals surface area (Å²) in [5, 5.41) is 5.08. The second-order valence-electron chi connectivity index (χ2n) is 5.76. The quantitative estimate of drug-likeness (QED) is 0.888. The first kappa shape index (κ1) is 16.0. The van der Waals surface area contributed by atoms with E-state index in [1.54, 1.807) is 11.3 Å². The van der Waals surface area contributed by atoms with Gasteiger partial charge in [0, 0.05) is 36.2 Å². The normalized spacial score (nSPS) is 17.2. The zero-order valence-electron chi connectivity index (χ0n) is 13.3. The highest BCUT2D eigenvalue weighted by atomic mass is 32.1. The Balaban J connectivity index is 1.65. The molecule has 0 aliphatic carbocycles. The first-order valence-corrected chi connectivity index (χ1v) is 8.92. The lowest BCUT2D eigenvalue weighted by molar-refractivity contribution is 0.171. The van der Waals surface area contributed by atoms with Crippen molar-refractivity contribution in [2.75, 3.05) is 31.6 Å². The highest BCUT2D eigenvalue weighted by Gasteiger charge is 2.21. The molecule has 122 valence electrons. The summed E-state index contributed by atoms with van der Waals surface area (Å²) in [4.78, 5) is 15.6. The van der Waals surface area contributed by atoms with Crippen molar-refractivity contribution in [1.82, 2.24) is 4.90 Å². The molecule has 0 radical (unpaired) electrons. The van der Waals surface area contributed by atoms with Crippen LogP contribution in [0.5, 0.6) is 0 Å². The Morgan fingerprint density at radius 1 is 1.39 bits per heavy atom. The van der Waals surface area contributed by atoms with E-state index in [0.717, 1.165) is 37.4 Å². The van der Waals surface area contributed by atoms with Gasteiger partial charge in [-0.1, -0.05) is 18.2 Å². The minimum Gasteiger partial charge on any atom is -0.381 e. The molecule has 0 saturated carbocycles. The smallest absolute Gasteiger partial charge is 0.321 e. The van der Waals surface area contributed by atoms with Crippen molar-refractivity contribution in [3.05, 3.63) is 41.8 Å². The molecule has 2 heterocycles. The second kappa shape index (κ2) is 7.62. The lowest BCUT2D eigenvalue weighted by Gasteiger charge is -2.24. The Hall–Kier alpha value is -1.85. The molecule has 1 aromatic heterocycles. The predicted molar refractivity (Wildman–Crippen MR) is 94.9 cm³/mol. The van der Waals surface area contributed by atoms with Gasteiger partial charge in [-0.15, -0.1) is 11.3 Å². The van der Waals surface area contributed by atoms with E-state index in [-0.39, 0.29) is 6.03 Å². The zero-order valence-corrected chi connectivity index (χ0v) is 14.1. The fourth-order valence-corrected chi connectivity index (χ4v) is 3.51. The molecule has 2 amide bonds. The van der Waals surface area contributed by atoms with Crippen molar-refractivity contribution in [3.63, 3.8) is 0 Å². The number of carbonyl (C=O) groups excluding carboxylic acids is 1. The number of urea groups is 1. The van der Waals surface area contributed by atoms with Gasteiger partial charge in [-0.05, 0) is 42.5 Å². The molecule has 1 N–H and O–H groups in total. The number of hydrogen-bond donors (Lipinski definition) is 1. The van der Waals surface area contributed by atoms with Gasteiger partial charge in [0.15, 0.2) is 0 Å². The molecule has 1 atom stereocenters. The van der Waals surface area contributed by atoms with Crippen molar-refractivity contribution in [2.24, 2.45) is 5.92 Å². The summed E-state index contributed by atoms with van der Waals surface area (Å²) in [5.41, 5.74) is 1.96. The molecule has 0 bridgehead atoms. The van der Waals surface area contributed by atoms with Gasteiger partial charge < -0.3 is 15.0 Å². The van der Waals surface area contributed by atoms with Crippen molar-refractivity contribution in [2.45, 2.75) is 13.3 Å². The van der Waals surface area contributed by atoms with E-state index < -0.39 is 0 Å². The van der Waals surface area contributed by atoms with E-state index in [4.69, 9.17) is 4.74 Å². The summed E-state index contributed by atoms with van der Waals surface area (Å²) in [7, 11) is 0. The number of anilines is 1. The Kier molecular flexibility index (Phi) is 5.31. The SMILES string of the molecule is CCN(CC1CCOC1)C(=O)Nc1cccc(-c2cccs2)c1. The molecule has 3 rings (SSSR count). The van der Waals surface area contributed by atoms with Gasteiger partial charge in [-0.3, -0.25) is 0 Å². The standard InChI is InChI=1S/C18H22N2O2S/c1-2-20(12-14-8-9-22-13-14)18(21)19-16-6-3-5-15(11-16)17-7-4-10-23-17/h3-7,10-11,14H,2,8-9,12-13H2,1H3,(H,19,21). The average Bonchev–Trinajstić information content (AvgIpc) is 3.26. The van der Waals surface area contributed by atoms with Gasteiger partial charge in [-0.25, -0.2) is 4.79 Å². The van der Waals surface area contributed by atoms with Gasteiger partial charge in [0.25, 0.3) is 0 Å². The molecule has 2 aromatic rings. The lowest BCUT2D eigenvalue weighted by Crippen LogP contribution is -2.38. The number of nitrogens with one attached hydrogen (secondary N) is 1. The molecule has 4 nitrogen and oxygen atoms in total. The predicted octanol–water partition coefficient (Wildman–Crippen LogP) is 4.31. The molecule has 1 fully saturated rings. The Morgan fingerprint density at radius 3 is 3.00 bits per heavy atom. The number of nitrogens with zero attached hydrogens (tertiary/aromatic N) is 1. The summed E-state index contributed by atoms with van der Waals surface area (Å²) in [6, 6.07) is 12.1. The van der Waals surface area contributed by atoms with E-state index >= 15 is 0 Å². The number of ether oxygens (including phenoxy) is 1. The Morgan fingerprint density at radius 2 is 2.30 bits per heavy atom. The largest absolute Gasteiger partial charge is 0.381 e. The first-order chi connectivity index (χ1) is 11.3. The van der Waals surface area contributed by atoms with Crippen molar-refractivity contribution < 1.29 is 9.53 Å². The van der Waals surface area contributed by atoms with E-state index in [1.165, 1.54) is 4.88 Å². The second-order valence-corrected chi connectivity index (χ2v) is 6.70. The van der Waals surface area contributed by atoms with E-state index in [0.29, 0.717) is 12.5 Å². The van der Waals surface area contributed by atoms with Crippen molar-refractivity contribution in [3.8, 4) is 10.4 Å². The van der Waals surface area contributed by atoms with Gasteiger partial charge in [0.05, 0.1) is 6.61 Å². The van der Waals surface area contributed by atoms with Gasteiger partial charge in [-0.2, -0.15) is 0 Å². The fraction of sp³-hybridized carbons (Fsp3) is 0.389. The van der Waals surface area contributed by atoms with Crippen LogP contribution in [0.25, 0.3) is 10.4 Å². The van der Waals surface area contributed by atoms with Crippen LogP contribution in [0.2, 0.25) is 0 Å². The molecule has 5 heteroatoms. The highest BCUT2D eigenvalue weighted by Crippen LogP contribution is 2.27. The molecular weight excluding hydrogens is 308 g/mol. The summed E-state index contributed by atoms with van der Waals surface area (Å²) in [6.07, 6.45) is 1.04. The first-order valence-electron chi connectivity index (χ1n) is 8.04. The third-order valence-electron chi connectivity index (χ3n) is 4.09. The third-order valence-corrected chi connectivity index (χ3v) is 5.01. The fourth-order valence-electron chi connectivity index (χ4n) is 2.79. The molecule has 1 saturated heterocycles. The van der Waals surface area contributed by atoms with Crippen LogP contribution in [0.3, 0.4) is 0 Å². The monoisotopic (exact) mass is 330 g/mol. The zero-order chi connectivity index (χ0) is 16.1. The van der Waals surface area contributed by atoms with Crippen LogP contribution >= 0.6 is 11.3 Å². The van der Waals surface area contributed by atoms with Crippen LogP contribution in [0, 0.1) is 5.92 Å². The molecule has 23 heavy (non-hydrogen) atoms. The van der Waals surface area contributed by atoms with Crippen LogP contribution in [0.15, 0.2) is 41.8 Å². The molecule has 1 aliphatic heterocycles. The topological polar surface area (TPSA) is 41.6 Å². The number of carbonyl (C=O) groups is 1. The number of rotatable bonds is 5. The van der Waals surface area contributed by atoms with E-state index in [2.05, 4.69) is 22.8 Å². The van der Waals surface area contributed by atoms with Gasteiger partial charge >= 0.3 is 6.03 Å². The van der Waals surface area contributed by atoms with Crippen LogP contribution < -0.4 is 5.32 Å². The Bertz CT molecular complexity index is 636. The summed E-state index contributed by atoms with van der Waals surface area (Å²) in [6.45, 7) is 5.04. The average molecular weight is 330 g/mol. The maximum atomic E-state index is 12.5. The van der Waals surface area contributed by atoms with Crippen LogP contribution in [0.4, 0.5) is 10.5 Å². The third kappa shape index (κ3) is 4.12. The number of amides is 2. The minimum absolute atomic E-state index is 0.0391. The molecule has 0 spiro atoms. The van der Waals surface area contributed by atoms with E-state index in [9.17, 15) is 4.79 Å². The van der Waals surface area contributed by atoms with Crippen LogP contribution in [-0.4, -0.2) is 37.2 Å². The Labute approximate surface area is 141 Å². The number of hydrogen-bond acceptors (Lipinski definition) is 3. The molecule has 1 aliphatic rings. The minimum atomic E-state index is -0.0391. The van der Waals surface area contributed by atoms with Gasteiger partial charge in [0.1, 0.15) is 0 Å². The summed E-state index contributed by atoms with van der Waals surface area (Å²) in [5.74, 6) is 0.457. The lowest BCUT2D eigenvalue weighted by atomic mass is 10.1. The van der Waals surface area contributed by atoms with Crippen LogP contribution in [-0.2, 0) is 4.74 Å². The maximum Gasteiger partial charge on any atom is 0.321 e. The number of thiophene rings is 1.